The third-order valence-corrected chi connectivity index (χ3v) is 2.29. The van der Waals surface area contributed by atoms with E-state index in [0.29, 0.717) is 17.8 Å². The van der Waals surface area contributed by atoms with E-state index in [0.717, 1.165) is 11.4 Å². The van der Waals surface area contributed by atoms with Gasteiger partial charge < -0.3 is 11.1 Å². The fourth-order valence-corrected chi connectivity index (χ4v) is 1.39. The first kappa shape index (κ1) is 10.9. The van der Waals surface area contributed by atoms with Gasteiger partial charge in [-0.25, -0.2) is 9.97 Å². The fourth-order valence-electron chi connectivity index (χ4n) is 1.39. The molecule has 0 aliphatic carbocycles. The highest BCUT2D eigenvalue weighted by Gasteiger charge is 2.01. The zero-order valence-corrected chi connectivity index (χ0v) is 9.09. The molecule has 0 unspecified atom stereocenters. The molecule has 2 rings (SSSR count). The summed E-state index contributed by atoms with van der Waals surface area (Å²) >= 11 is 0. The van der Waals surface area contributed by atoms with Crippen LogP contribution >= 0.6 is 0 Å². The standard InChI is InChI=1S/C12H11N5/c13-6-9-1-2-11(14)12(5-9)16-7-10-3-4-15-8-17-10/h1-5,8,16H,7,14H2. The minimum Gasteiger partial charge on any atom is -0.397 e. The predicted molar refractivity (Wildman–Crippen MR) is 64.9 cm³/mol. The van der Waals surface area contributed by atoms with Crippen molar-refractivity contribution in [1.29, 1.82) is 5.26 Å². The van der Waals surface area contributed by atoms with Gasteiger partial charge in [-0.15, -0.1) is 0 Å². The Morgan fingerprint density at radius 1 is 1.35 bits per heavy atom. The molecule has 0 bridgehead atoms. The second-order valence-corrected chi connectivity index (χ2v) is 3.47. The first-order chi connectivity index (χ1) is 8.29. The molecule has 0 fully saturated rings. The number of nitriles is 1. The van der Waals surface area contributed by atoms with Crippen LogP contribution in [0.1, 0.15) is 11.3 Å². The molecule has 5 heteroatoms. The number of hydrogen-bond donors (Lipinski definition) is 2. The van der Waals surface area contributed by atoms with E-state index in [1.54, 1.807) is 24.4 Å². The molecule has 17 heavy (non-hydrogen) atoms. The highest BCUT2D eigenvalue weighted by molar-refractivity contribution is 5.68. The van der Waals surface area contributed by atoms with E-state index >= 15 is 0 Å². The van der Waals surface area contributed by atoms with Crippen LogP contribution in [0.5, 0.6) is 0 Å². The van der Waals surface area contributed by atoms with Gasteiger partial charge in [0, 0.05) is 6.20 Å². The molecular weight excluding hydrogens is 214 g/mol. The zero-order chi connectivity index (χ0) is 12.1. The Morgan fingerprint density at radius 3 is 2.94 bits per heavy atom. The monoisotopic (exact) mass is 225 g/mol. The van der Waals surface area contributed by atoms with Crippen LogP contribution in [0.15, 0.2) is 36.8 Å². The minimum atomic E-state index is 0.543. The molecule has 0 spiro atoms. The fraction of sp³-hybridized carbons (Fsp3) is 0.0833. The normalized spacial score (nSPS) is 9.59. The van der Waals surface area contributed by atoms with Crippen molar-refractivity contribution in [2.24, 2.45) is 0 Å². The summed E-state index contributed by atoms with van der Waals surface area (Å²) in [4.78, 5) is 7.93. The summed E-state index contributed by atoms with van der Waals surface area (Å²) in [5.74, 6) is 0. The summed E-state index contributed by atoms with van der Waals surface area (Å²) in [6.07, 6.45) is 3.17. The third-order valence-electron chi connectivity index (χ3n) is 2.29. The van der Waals surface area contributed by atoms with Crippen LogP contribution in [0.25, 0.3) is 0 Å². The average Bonchev–Trinajstić information content (AvgIpc) is 2.39. The zero-order valence-electron chi connectivity index (χ0n) is 9.09. The van der Waals surface area contributed by atoms with Crippen molar-refractivity contribution in [2.45, 2.75) is 6.54 Å². The molecule has 0 saturated heterocycles. The number of nitrogen functional groups attached to an aromatic ring is 1. The van der Waals surface area contributed by atoms with E-state index < -0.39 is 0 Å². The van der Waals surface area contributed by atoms with E-state index in [1.165, 1.54) is 6.33 Å². The van der Waals surface area contributed by atoms with Gasteiger partial charge in [0.2, 0.25) is 0 Å². The second-order valence-electron chi connectivity index (χ2n) is 3.47. The molecule has 84 valence electrons. The van der Waals surface area contributed by atoms with Crippen LogP contribution in [0.2, 0.25) is 0 Å². The largest absolute Gasteiger partial charge is 0.397 e. The van der Waals surface area contributed by atoms with Gasteiger partial charge in [-0.2, -0.15) is 5.26 Å². The highest BCUT2D eigenvalue weighted by atomic mass is 14.9. The number of nitrogens with zero attached hydrogens (tertiary/aromatic N) is 3. The highest BCUT2D eigenvalue weighted by Crippen LogP contribution is 2.20. The molecule has 1 aromatic carbocycles. The topological polar surface area (TPSA) is 87.6 Å². The van der Waals surface area contributed by atoms with E-state index in [1.807, 2.05) is 6.07 Å². The molecule has 1 aromatic heterocycles. The second kappa shape index (κ2) is 4.94. The number of hydrogen-bond acceptors (Lipinski definition) is 5. The Morgan fingerprint density at radius 2 is 2.24 bits per heavy atom. The first-order valence-corrected chi connectivity index (χ1v) is 5.08. The van der Waals surface area contributed by atoms with Crippen molar-refractivity contribution in [3.63, 3.8) is 0 Å². The molecule has 0 atom stereocenters. The molecule has 0 amide bonds. The summed E-state index contributed by atoms with van der Waals surface area (Å²) in [6.45, 7) is 0.543. The molecular formula is C12H11N5. The Bertz CT molecular complexity index is 545. The number of rotatable bonds is 3. The van der Waals surface area contributed by atoms with Crippen molar-refractivity contribution < 1.29 is 0 Å². The van der Waals surface area contributed by atoms with Gasteiger partial charge in [-0.1, -0.05) is 0 Å². The van der Waals surface area contributed by atoms with Gasteiger partial charge in [-0.05, 0) is 24.3 Å². The molecule has 0 saturated carbocycles. The molecule has 0 radical (unpaired) electrons. The molecule has 0 aliphatic heterocycles. The summed E-state index contributed by atoms with van der Waals surface area (Å²) < 4.78 is 0. The summed E-state index contributed by atoms with van der Waals surface area (Å²) in [5, 5.41) is 11.9. The summed E-state index contributed by atoms with van der Waals surface area (Å²) in [7, 11) is 0. The van der Waals surface area contributed by atoms with Crippen LogP contribution < -0.4 is 11.1 Å². The number of anilines is 2. The van der Waals surface area contributed by atoms with E-state index in [-0.39, 0.29) is 0 Å². The third kappa shape index (κ3) is 2.69. The summed E-state index contributed by atoms with van der Waals surface area (Å²) in [5.41, 5.74) is 8.59. The lowest BCUT2D eigenvalue weighted by Gasteiger charge is -2.08. The maximum absolute atomic E-state index is 8.80. The van der Waals surface area contributed by atoms with Crippen LogP contribution in [-0.4, -0.2) is 9.97 Å². The Hall–Kier alpha value is -2.61. The quantitative estimate of drug-likeness (QED) is 0.773. The van der Waals surface area contributed by atoms with Crippen molar-refractivity contribution in [2.75, 3.05) is 11.1 Å². The van der Waals surface area contributed by atoms with Gasteiger partial charge in [0.1, 0.15) is 6.33 Å². The van der Waals surface area contributed by atoms with Crippen molar-refractivity contribution in [3.05, 3.63) is 48.0 Å². The van der Waals surface area contributed by atoms with Crippen LogP contribution in [0.3, 0.4) is 0 Å². The van der Waals surface area contributed by atoms with E-state index in [4.69, 9.17) is 11.0 Å². The van der Waals surface area contributed by atoms with Gasteiger partial charge in [0.25, 0.3) is 0 Å². The van der Waals surface area contributed by atoms with Gasteiger partial charge in [0.05, 0.1) is 35.2 Å². The van der Waals surface area contributed by atoms with Crippen LogP contribution in [-0.2, 0) is 6.54 Å². The number of benzene rings is 1. The molecule has 3 N–H and O–H groups in total. The minimum absolute atomic E-state index is 0.543. The lowest BCUT2D eigenvalue weighted by molar-refractivity contribution is 1.01. The average molecular weight is 225 g/mol. The van der Waals surface area contributed by atoms with Gasteiger partial charge in [0.15, 0.2) is 0 Å². The Kier molecular flexibility index (Phi) is 3.17. The first-order valence-electron chi connectivity index (χ1n) is 5.08. The van der Waals surface area contributed by atoms with Crippen molar-refractivity contribution >= 4 is 11.4 Å². The lowest BCUT2D eigenvalue weighted by atomic mass is 10.2. The van der Waals surface area contributed by atoms with Gasteiger partial charge in [-0.3, -0.25) is 0 Å². The van der Waals surface area contributed by atoms with E-state index in [2.05, 4.69) is 21.4 Å². The Balaban J connectivity index is 2.12. The number of nitrogens with one attached hydrogen (secondary N) is 1. The molecule has 2 aromatic rings. The number of aromatic nitrogens is 2. The maximum Gasteiger partial charge on any atom is 0.115 e. The molecule has 0 aliphatic rings. The van der Waals surface area contributed by atoms with Crippen LogP contribution in [0, 0.1) is 11.3 Å². The number of nitrogens with two attached hydrogens (primary N) is 1. The van der Waals surface area contributed by atoms with Crippen LogP contribution in [0.4, 0.5) is 11.4 Å². The smallest absolute Gasteiger partial charge is 0.115 e. The maximum atomic E-state index is 8.80. The Labute approximate surface area is 98.9 Å². The van der Waals surface area contributed by atoms with Crippen molar-refractivity contribution in [3.8, 4) is 6.07 Å². The summed E-state index contributed by atoms with van der Waals surface area (Å²) in [6, 6.07) is 9.00. The molecule has 5 nitrogen and oxygen atoms in total. The molecule has 1 heterocycles. The van der Waals surface area contributed by atoms with E-state index in [9.17, 15) is 0 Å². The van der Waals surface area contributed by atoms with Crippen molar-refractivity contribution in [1.82, 2.24) is 9.97 Å². The lowest BCUT2D eigenvalue weighted by Crippen LogP contribution is -2.04. The van der Waals surface area contributed by atoms with Gasteiger partial charge >= 0.3 is 0 Å². The SMILES string of the molecule is N#Cc1ccc(N)c(NCc2ccncn2)c1. The predicted octanol–water partition coefficient (Wildman–Crippen LogP) is 1.54.